The van der Waals surface area contributed by atoms with E-state index in [0.29, 0.717) is 0 Å². The normalized spacial score (nSPS) is 28.7. The molecule has 1 N–H and O–H groups in total. The molecule has 1 aliphatic carbocycles. The van der Waals surface area contributed by atoms with Crippen molar-refractivity contribution < 1.29 is 5.11 Å². The Labute approximate surface area is 92.7 Å². The van der Waals surface area contributed by atoms with Gasteiger partial charge in [-0.2, -0.15) is 5.26 Å². The molecule has 0 bridgehead atoms. The van der Waals surface area contributed by atoms with Gasteiger partial charge in [-0.3, -0.25) is 4.90 Å². The van der Waals surface area contributed by atoms with Gasteiger partial charge in [-0.15, -0.1) is 0 Å². The third-order valence-electron chi connectivity index (χ3n) is 3.30. The monoisotopic (exact) mass is 210 g/mol. The summed E-state index contributed by atoms with van der Waals surface area (Å²) in [6, 6.07) is 2.54. The van der Waals surface area contributed by atoms with Gasteiger partial charge in [0.1, 0.15) is 0 Å². The first-order chi connectivity index (χ1) is 7.19. The molecule has 0 radical (unpaired) electrons. The second kappa shape index (κ2) is 6.09. The van der Waals surface area contributed by atoms with Crippen molar-refractivity contribution in [3.63, 3.8) is 0 Å². The molecular formula is C12H22N2O. The molecule has 3 nitrogen and oxygen atoms in total. The highest BCUT2D eigenvalue weighted by molar-refractivity contribution is 4.87. The van der Waals surface area contributed by atoms with Gasteiger partial charge >= 0.3 is 0 Å². The minimum absolute atomic E-state index is 0.0547. The maximum atomic E-state index is 9.93. The van der Waals surface area contributed by atoms with E-state index in [2.05, 4.69) is 17.9 Å². The zero-order valence-corrected chi connectivity index (χ0v) is 9.82. The van der Waals surface area contributed by atoms with Gasteiger partial charge < -0.3 is 5.11 Å². The van der Waals surface area contributed by atoms with Gasteiger partial charge in [-0.1, -0.05) is 19.8 Å². The average Bonchev–Trinajstić information content (AvgIpc) is 2.26. The lowest BCUT2D eigenvalue weighted by Crippen LogP contribution is -2.46. The Kier molecular flexibility index (Phi) is 5.07. The van der Waals surface area contributed by atoms with Crippen LogP contribution >= 0.6 is 0 Å². The summed E-state index contributed by atoms with van der Waals surface area (Å²) in [6.45, 7) is 5.76. The van der Waals surface area contributed by atoms with Gasteiger partial charge in [0, 0.05) is 12.6 Å². The van der Waals surface area contributed by atoms with Crippen molar-refractivity contribution in [1.82, 2.24) is 4.90 Å². The van der Waals surface area contributed by atoms with Crippen molar-refractivity contribution in [3.05, 3.63) is 0 Å². The molecule has 0 heterocycles. The zero-order valence-electron chi connectivity index (χ0n) is 9.82. The van der Waals surface area contributed by atoms with Gasteiger partial charge in [-0.05, 0) is 26.3 Å². The first kappa shape index (κ1) is 12.5. The molecule has 0 aliphatic heterocycles. The van der Waals surface area contributed by atoms with Crippen LogP contribution in [0.3, 0.4) is 0 Å². The molecule has 0 saturated heterocycles. The Morgan fingerprint density at radius 3 is 2.67 bits per heavy atom. The van der Waals surface area contributed by atoms with Crippen LogP contribution in [0.15, 0.2) is 0 Å². The molecule has 1 rings (SSSR count). The Bertz CT molecular complexity index is 224. The van der Waals surface area contributed by atoms with E-state index in [1.165, 1.54) is 6.42 Å². The van der Waals surface area contributed by atoms with E-state index in [1.54, 1.807) is 0 Å². The molecule has 15 heavy (non-hydrogen) atoms. The van der Waals surface area contributed by atoms with E-state index < -0.39 is 0 Å². The van der Waals surface area contributed by atoms with Crippen LogP contribution in [0.5, 0.6) is 0 Å². The molecule has 0 spiro atoms. The molecule has 3 heteroatoms. The smallest absolute Gasteiger partial charge is 0.0695 e. The summed E-state index contributed by atoms with van der Waals surface area (Å²) in [4.78, 5) is 2.26. The quantitative estimate of drug-likeness (QED) is 0.769. The Balaban J connectivity index is 2.52. The van der Waals surface area contributed by atoms with Crippen LogP contribution in [0.2, 0.25) is 0 Å². The second-order valence-corrected chi connectivity index (χ2v) is 4.54. The Morgan fingerprint density at radius 1 is 1.47 bits per heavy atom. The maximum absolute atomic E-state index is 9.93. The summed E-state index contributed by atoms with van der Waals surface area (Å²) >= 11 is 0. The highest BCUT2D eigenvalue weighted by atomic mass is 16.3. The zero-order chi connectivity index (χ0) is 11.3. The summed E-state index contributed by atoms with van der Waals surface area (Å²) in [5.74, 6) is 0.0547. The standard InChI is InChI=1S/C12H22N2O/c1-3-14(9-10(2)8-13)11-6-4-5-7-12(11)15/h10-12,15H,3-7,9H2,1-2H3. The van der Waals surface area contributed by atoms with Crippen LogP contribution in [-0.2, 0) is 0 Å². The molecule has 0 aromatic rings. The van der Waals surface area contributed by atoms with Crippen LogP contribution in [0.4, 0.5) is 0 Å². The van der Waals surface area contributed by atoms with Crippen molar-refractivity contribution in [2.45, 2.75) is 51.7 Å². The Morgan fingerprint density at radius 2 is 2.13 bits per heavy atom. The highest BCUT2D eigenvalue weighted by Crippen LogP contribution is 2.23. The lowest BCUT2D eigenvalue weighted by molar-refractivity contribution is 0.0189. The molecule has 1 aliphatic rings. The predicted molar refractivity (Wildman–Crippen MR) is 60.3 cm³/mol. The van der Waals surface area contributed by atoms with E-state index in [1.807, 2.05) is 6.92 Å². The predicted octanol–water partition coefficient (Wildman–Crippen LogP) is 1.77. The minimum Gasteiger partial charge on any atom is -0.391 e. The van der Waals surface area contributed by atoms with E-state index in [9.17, 15) is 5.11 Å². The van der Waals surface area contributed by atoms with Gasteiger partial charge in [0.2, 0.25) is 0 Å². The van der Waals surface area contributed by atoms with Gasteiger partial charge in [0.15, 0.2) is 0 Å². The second-order valence-electron chi connectivity index (χ2n) is 4.54. The SMILES string of the molecule is CCN(CC(C)C#N)C1CCCCC1O. The summed E-state index contributed by atoms with van der Waals surface area (Å²) in [5, 5.41) is 18.7. The summed E-state index contributed by atoms with van der Waals surface area (Å²) in [5.41, 5.74) is 0. The minimum atomic E-state index is -0.190. The van der Waals surface area contributed by atoms with E-state index in [-0.39, 0.29) is 18.1 Å². The molecule has 1 fully saturated rings. The van der Waals surface area contributed by atoms with Gasteiger partial charge in [0.25, 0.3) is 0 Å². The topological polar surface area (TPSA) is 47.3 Å². The van der Waals surface area contributed by atoms with Crippen molar-refractivity contribution >= 4 is 0 Å². The van der Waals surface area contributed by atoms with Crippen molar-refractivity contribution in [1.29, 1.82) is 5.26 Å². The first-order valence-electron chi connectivity index (χ1n) is 6.00. The summed E-state index contributed by atoms with van der Waals surface area (Å²) < 4.78 is 0. The van der Waals surface area contributed by atoms with Crippen LogP contribution in [-0.4, -0.2) is 35.2 Å². The number of aliphatic hydroxyl groups is 1. The number of nitriles is 1. The summed E-state index contributed by atoms with van der Waals surface area (Å²) in [7, 11) is 0. The van der Waals surface area contributed by atoms with Gasteiger partial charge in [0.05, 0.1) is 18.1 Å². The molecule has 3 atom stereocenters. The van der Waals surface area contributed by atoms with Gasteiger partial charge in [-0.25, -0.2) is 0 Å². The molecule has 0 amide bonds. The van der Waals surface area contributed by atoms with E-state index >= 15 is 0 Å². The molecule has 1 saturated carbocycles. The molecule has 3 unspecified atom stereocenters. The number of hydrogen-bond acceptors (Lipinski definition) is 3. The van der Waals surface area contributed by atoms with Crippen molar-refractivity contribution in [2.75, 3.05) is 13.1 Å². The third-order valence-corrected chi connectivity index (χ3v) is 3.30. The van der Waals surface area contributed by atoms with E-state index in [4.69, 9.17) is 5.26 Å². The van der Waals surface area contributed by atoms with Crippen LogP contribution in [0.25, 0.3) is 0 Å². The fraction of sp³-hybridized carbons (Fsp3) is 0.917. The third kappa shape index (κ3) is 3.48. The fourth-order valence-corrected chi connectivity index (χ4v) is 2.41. The lowest BCUT2D eigenvalue weighted by Gasteiger charge is -2.37. The number of hydrogen-bond donors (Lipinski definition) is 1. The number of aliphatic hydroxyl groups excluding tert-OH is 1. The fourth-order valence-electron chi connectivity index (χ4n) is 2.41. The molecule has 86 valence electrons. The summed E-state index contributed by atoms with van der Waals surface area (Å²) in [6.07, 6.45) is 4.15. The lowest BCUT2D eigenvalue weighted by atomic mass is 9.91. The number of rotatable bonds is 4. The van der Waals surface area contributed by atoms with Crippen LogP contribution < -0.4 is 0 Å². The van der Waals surface area contributed by atoms with Crippen LogP contribution in [0, 0.1) is 17.2 Å². The largest absolute Gasteiger partial charge is 0.391 e. The van der Waals surface area contributed by atoms with Crippen LogP contribution in [0.1, 0.15) is 39.5 Å². The van der Waals surface area contributed by atoms with Crippen molar-refractivity contribution in [3.8, 4) is 6.07 Å². The highest BCUT2D eigenvalue weighted by Gasteiger charge is 2.28. The number of nitrogens with zero attached hydrogens (tertiary/aromatic N) is 2. The maximum Gasteiger partial charge on any atom is 0.0695 e. The number of likely N-dealkylation sites (N-methyl/N-ethyl adjacent to an activating group) is 1. The Hall–Kier alpha value is -0.590. The average molecular weight is 210 g/mol. The molecular weight excluding hydrogens is 188 g/mol. The molecule has 0 aromatic carbocycles. The van der Waals surface area contributed by atoms with Crippen molar-refractivity contribution in [2.24, 2.45) is 5.92 Å². The van der Waals surface area contributed by atoms with E-state index in [0.717, 1.165) is 32.4 Å². The first-order valence-corrected chi connectivity index (χ1v) is 6.00. The molecule has 0 aromatic heterocycles.